The van der Waals surface area contributed by atoms with Gasteiger partial charge in [0.15, 0.2) is 6.29 Å². The highest BCUT2D eigenvalue weighted by atomic mass is 35.5. The number of benzene rings is 2. The van der Waals surface area contributed by atoms with Crippen LogP contribution in [-0.2, 0) is 17.7 Å². The number of allylic oxidation sites excluding steroid dienone is 4. The Kier molecular flexibility index (Phi) is 9.59. The zero-order valence-electron chi connectivity index (χ0n) is 22.6. The van der Waals surface area contributed by atoms with Gasteiger partial charge in [-0.25, -0.2) is 9.78 Å². The Morgan fingerprint density at radius 1 is 1.10 bits per heavy atom. The third-order valence-corrected chi connectivity index (χ3v) is 8.37. The Hall–Kier alpha value is -4.53. The topological polar surface area (TPSA) is 94.1 Å². The van der Waals surface area contributed by atoms with E-state index in [9.17, 15) is 9.59 Å². The maximum Gasteiger partial charge on any atom is 0.407 e. The number of hydrogen-bond acceptors (Lipinski definition) is 7. The molecule has 2 heterocycles. The summed E-state index contributed by atoms with van der Waals surface area (Å²) in [5.74, 6) is -0.183. The smallest absolute Gasteiger partial charge is 0.407 e. The number of hydrogen-bond donors (Lipinski definition) is 1. The maximum atomic E-state index is 13.0. The number of aldehydes is 1. The molecule has 42 heavy (non-hydrogen) atoms. The first-order chi connectivity index (χ1) is 20.5. The average Bonchev–Trinajstić information content (AvgIpc) is 3.09. The first-order valence-electron chi connectivity index (χ1n) is 13.2. The molecule has 0 aliphatic heterocycles. The van der Waals surface area contributed by atoms with E-state index in [-0.39, 0.29) is 19.1 Å². The lowest BCUT2D eigenvalue weighted by Crippen LogP contribution is -2.26. The third kappa shape index (κ3) is 7.02. The highest BCUT2D eigenvalue weighted by molar-refractivity contribution is 7.99. The highest BCUT2D eigenvalue weighted by Crippen LogP contribution is 2.39. The van der Waals surface area contributed by atoms with Crippen molar-refractivity contribution in [2.45, 2.75) is 28.8 Å². The Morgan fingerprint density at radius 3 is 2.81 bits per heavy atom. The van der Waals surface area contributed by atoms with Gasteiger partial charge in [-0.15, -0.1) is 0 Å². The minimum Gasteiger partial charge on any atom is -0.449 e. The summed E-state index contributed by atoms with van der Waals surface area (Å²) in [6.07, 6.45) is 13.8. The molecule has 0 saturated heterocycles. The second kappa shape index (κ2) is 13.9. The summed E-state index contributed by atoms with van der Waals surface area (Å²) in [6, 6.07) is 17.1. The number of nitrogens with zero attached hydrogens (tertiary/aromatic N) is 3. The number of aromatic nitrogens is 3. The van der Waals surface area contributed by atoms with Crippen molar-refractivity contribution in [1.29, 1.82) is 0 Å². The lowest BCUT2D eigenvalue weighted by Gasteiger charge is -2.21. The number of alkyl carbamates (subject to hydrolysis) is 1. The molecule has 1 aliphatic rings. The van der Waals surface area contributed by atoms with Crippen LogP contribution in [0.3, 0.4) is 0 Å². The van der Waals surface area contributed by atoms with Gasteiger partial charge in [0, 0.05) is 34.7 Å². The van der Waals surface area contributed by atoms with Gasteiger partial charge in [0.1, 0.15) is 11.6 Å². The van der Waals surface area contributed by atoms with Crippen LogP contribution in [0.15, 0.2) is 120 Å². The van der Waals surface area contributed by atoms with Crippen LogP contribution in [-0.4, -0.2) is 34.2 Å². The Bertz CT molecular complexity index is 1670. The van der Waals surface area contributed by atoms with Gasteiger partial charge in [-0.2, -0.15) is 10.2 Å². The van der Waals surface area contributed by atoms with E-state index in [4.69, 9.17) is 16.3 Å². The Labute approximate surface area is 253 Å². The normalized spacial score (nSPS) is 15.8. The average molecular weight is 595 g/mol. The molecule has 4 aromatic rings. The SMILES string of the molecule is C=C1/C=C\C=C/Cc2ccccc2C1COC(=O)NCc1cc(-c2ccnnc2)cc(Cl)c1Sc1ncccc1C=O. The Morgan fingerprint density at radius 2 is 1.98 bits per heavy atom. The van der Waals surface area contributed by atoms with Gasteiger partial charge in [-0.1, -0.05) is 78.5 Å². The van der Waals surface area contributed by atoms with Gasteiger partial charge in [-0.3, -0.25) is 4.79 Å². The number of rotatable bonds is 8. The molecule has 0 saturated carbocycles. The van der Waals surface area contributed by atoms with Crippen LogP contribution in [0.5, 0.6) is 0 Å². The third-order valence-electron chi connectivity index (χ3n) is 6.74. The van der Waals surface area contributed by atoms with Crippen LogP contribution in [0.1, 0.15) is 33.0 Å². The van der Waals surface area contributed by atoms with Crippen molar-refractivity contribution in [3.05, 3.63) is 137 Å². The molecule has 0 fully saturated rings. The van der Waals surface area contributed by atoms with E-state index in [2.05, 4.69) is 45.3 Å². The number of carbonyl (C=O) groups excluding carboxylic acids is 2. The van der Waals surface area contributed by atoms with Gasteiger partial charge < -0.3 is 10.1 Å². The molecule has 5 rings (SSSR count). The zero-order chi connectivity index (χ0) is 29.3. The van der Waals surface area contributed by atoms with Crippen molar-refractivity contribution in [3.8, 4) is 11.1 Å². The van der Waals surface area contributed by atoms with Crippen molar-refractivity contribution < 1.29 is 14.3 Å². The lowest BCUT2D eigenvalue weighted by molar-refractivity contribution is 0.112. The highest BCUT2D eigenvalue weighted by Gasteiger charge is 2.21. The standard InChI is InChI=1S/C33H27ClN4O3S/c1-22-8-3-2-4-9-23-10-5-6-12-28(23)29(22)21-41-33(40)36-18-27-16-26(24-13-15-37-38-19-24)17-30(34)31(27)42-32-25(20-39)11-7-14-35-32/h2-8,10-17,19-20,29H,1,9,18,21H2,(H,36,40)/b4-2-,8-3-. The van der Waals surface area contributed by atoms with Crippen LogP contribution in [0.2, 0.25) is 5.02 Å². The molecule has 2 aromatic heterocycles. The van der Waals surface area contributed by atoms with Crippen LogP contribution in [0.4, 0.5) is 4.79 Å². The molecule has 0 radical (unpaired) electrons. The minimum absolute atomic E-state index is 0.127. The van der Waals surface area contributed by atoms with Crippen LogP contribution < -0.4 is 5.32 Å². The summed E-state index contributed by atoms with van der Waals surface area (Å²) in [7, 11) is 0. The molecule has 210 valence electrons. The number of amides is 1. The molecular formula is C33H27ClN4O3S. The van der Waals surface area contributed by atoms with Gasteiger partial charge >= 0.3 is 6.09 Å². The van der Waals surface area contributed by atoms with Gasteiger partial charge in [-0.05, 0) is 64.6 Å². The van der Waals surface area contributed by atoms with Gasteiger partial charge in [0.2, 0.25) is 0 Å². The van der Waals surface area contributed by atoms with E-state index < -0.39 is 6.09 Å². The molecular weight excluding hydrogens is 568 g/mol. The molecule has 0 spiro atoms. The first kappa shape index (κ1) is 29.0. The molecule has 1 aliphatic carbocycles. The molecule has 1 N–H and O–H groups in total. The fourth-order valence-electron chi connectivity index (χ4n) is 4.60. The molecule has 2 aromatic carbocycles. The van der Waals surface area contributed by atoms with Crippen molar-refractivity contribution in [3.63, 3.8) is 0 Å². The minimum atomic E-state index is -0.572. The van der Waals surface area contributed by atoms with Crippen molar-refractivity contribution >= 4 is 35.7 Å². The van der Waals surface area contributed by atoms with Gasteiger partial charge in [0.05, 0.1) is 17.4 Å². The van der Waals surface area contributed by atoms with E-state index in [0.717, 1.165) is 46.1 Å². The summed E-state index contributed by atoms with van der Waals surface area (Å²) >= 11 is 8.04. The number of ether oxygens (including phenoxy) is 1. The number of carbonyl (C=O) groups is 2. The predicted molar refractivity (Wildman–Crippen MR) is 165 cm³/mol. The van der Waals surface area contributed by atoms with E-state index in [1.165, 1.54) is 11.8 Å². The van der Waals surface area contributed by atoms with Crippen LogP contribution >= 0.6 is 23.4 Å². The number of halogens is 1. The monoisotopic (exact) mass is 594 g/mol. The largest absolute Gasteiger partial charge is 0.449 e. The quantitative estimate of drug-likeness (QED) is 0.213. The molecule has 1 amide bonds. The van der Waals surface area contributed by atoms with E-state index in [1.54, 1.807) is 30.7 Å². The zero-order valence-corrected chi connectivity index (χ0v) is 24.1. The molecule has 9 heteroatoms. The summed E-state index contributed by atoms with van der Waals surface area (Å²) < 4.78 is 5.73. The number of fused-ring (bicyclic) bond motifs is 1. The first-order valence-corrected chi connectivity index (χ1v) is 14.4. The molecule has 1 atom stereocenters. The summed E-state index contributed by atoms with van der Waals surface area (Å²) in [6.45, 7) is 4.49. The molecule has 1 unspecified atom stereocenters. The fraction of sp³-hybridized carbons (Fsp3) is 0.121. The predicted octanol–water partition coefficient (Wildman–Crippen LogP) is 7.39. The van der Waals surface area contributed by atoms with Crippen LogP contribution in [0.25, 0.3) is 11.1 Å². The van der Waals surface area contributed by atoms with E-state index >= 15 is 0 Å². The maximum absolute atomic E-state index is 13.0. The van der Waals surface area contributed by atoms with Crippen molar-refractivity contribution in [1.82, 2.24) is 20.5 Å². The summed E-state index contributed by atoms with van der Waals surface area (Å²) in [5, 5.41) is 11.6. The summed E-state index contributed by atoms with van der Waals surface area (Å²) in [4.78, 5) is 29.6. The number of pyridine rings is 1. The van der Waals surface area contributed by atoms with Gasteiger partial charge in [0.25, 0.3) is 0 Å². The van der Waals surface area contributed by atoms with Crippen molar-refractivity contribution in [2.24, 2.45) is 0 Å². The molecule has 7 nitrogen and oxygen atoms in total. The second-order valence-electron chi connectivity index (χ2n) is 9.46. The van der Waals surface area contributed by atoms with Crippen molar-refractivity contribution in [2.75, 3.05) is 6.61 Å². The molecule has 0 bridgehead atoms. The summed E-state index contributed by atoms with van der Waals surface area (Å²) in [5.41, 5.74) is 5.89. The second-order valence-corrected chi connectivity index (χ2v) is 10.9. The van der Waals surface area contributed by atoms with E-state index in [0.29, 0.717) is 20.5 Å². The number of nitrogens with one attached hydrogen (secondary N) is 1. The van der Waals surface area contributed by atoms with Crippen LogP contribution in [0, 0.1) is 0 Å². The van der Waals surface area contributed by atoms with E-state index in [1.807, 2.05) is 48.6 Å². The lowest BCUT2D eigenvalue weighted by atomic mass is 9.88. The fourth-order valence-corrected chi connectivity index (χ4v) is 5.92. The Balaban J connectivity index is 1.36.